The summed E-state index contributed by atoms with van der Waals surface area (Å²) in [5.41, 5.74) is 0. The molecule has 0 aromatic heterocycles. The van der Waals surface area contributed by atoms with Crippen LogP contribution in [-0.2, 0) is 13.9 Å². The SMILES string of the molecule is O=P(Cl)(Cl)Cl.O=S(=O)(O)Cl. The molecule has 0 radical (unpaired) electrons. The van der Waals surface area contributed by atoms with E-state index in [1.54, 1.807) is 0 Å². The van der Waals surface area contributed by atoms with E-state index in [-0.39, 0.29) is 0 Å². The Labute approximate surface area is 76.4 Å². The normalized spacial score (nSPS) is 11.7. The molecule has 0 spiro atoms. The average Bonchev–Trinajstić information content (AvgIpc) is 1.12. The molecule has 0 rings (SSSR count). The standard InChI is InChI=1S/Cl3OP.ClHO3S/c2*1-5(2,3)4/h;(H,2,3,4). The van der Waals surface area contributed by atoms with Gasteiger partial charge in [-0.2, -0.15) is 8.42 Å². The van der Waals surface area contributed by atoms with Gasteiger partial charge in [0.05, 0.1) is 0 Å². The van der Waals surface area contributed by atoms with Crippen molar-refractivity contribution in [3.8, 4) is 0 Å². The van der Waals surface area contributed by atoms with Gasteiger partial charge in [0.1, 0.15) is 0 Å². The van der Waals surface area contributed by atoms with E-state index in [0.717, 1.165) is 0 Å². The average molecular weight is 270 g/mol. The Morgan fingerprint density at radius 3 is 1.20 bits per heavy atom. The van der Waals surface area contributed by atoms with Crippen molar-refractivity contribution in [1.82, 2.24) is 0 Å². The van der Waals surface area contributed by atoms with Crippen molar-refractivity contribution in [2.24, 2.45) is 0 Å². The molecule has 10 heavy (non-hydrogen) atoms. The van der Waals surface area contributed by atoms with Crippen molar-refractivity contribution >= 4 is 58.9 Å². The number of hydrogen-bond acceptors (Lipinski definition) is 3. The van der Waals surface area contributed by atoms with Crippen molar-refractivity contribution in [3.63, 3.8) is 0 Å². The predicted molar refractivity (Wildman–Crippen MR) is 42.6 cm³/mol. The molecule has 0 fully saturated rings. The van der Waals surface area contributed by atoms with Gasteiger partial charge in [-0.05, 0) is 33.7 Å². The summed E-state index contributed by atoms with van der Waals surface area (Å²) >= 11 is 13.8. The molecule has 0 aliphatic carbocycles. The zero-order valence-corrected chi connectivity index (χ0v) is 8.77. The summed E-state index contributed by atoms with van der Waals surface area (Å²) in [5.74, 6) is 0. The van der Waals surface area contributed by atoms with E-state index in [1.165, 1.54) is 0 Å². The first-order valence-corrected chi connectivity index (χ1v) is 8.05. The van der Waals surface area contributed by atoms with Gasteiger partial charge >= 0.3 is 14.5 Å². The molecular weight excluding hydrogens is 269 g/mol. The van der Waals surface area contributed by atoms with Gasteiger partial charge in [-0.25, -0.2) is 0 Å². The molecule has 0 aliphatic heterocycles. The zero-order chi connectivity index (χ0) is 9.00. The summed E-state index contributed by atoms with van der Waals surface area (Å²) in [6.07, 6.45) is 0. The molecule has 0 saturated heterocycles. The number of hydrogen-bond donors (Lipinski definition) is 1. The molecule has 0 aliphatic rings. The lowest BCUT2D eigenvalue weighted by Gasteiger charge is -1.74. The highest BCUT2D eigenvalue weighted by atomic mass is 36.0. The van der Waals surface area contributed by atoms with Crippen molar-refractivity contribution in [2.45, 2.75) is 0 Å². The van der Waals surface area contributed by atoms with E-state index in [0.29, 0.717) is 0 Å². The van der Waals surface area contributed by atoms with Gasteiger partial charge in [-0.3, -0.25) is 9.12 Å². The Bertz CT molecular complexity index is 195. The fourth-order valence-corrected chi connectivity index (χ4v) is 0. The van der Waals surface area contributed by atoms with E-state index in [9.17, 15) is 4.57 Å². The monoisotopic (exact) mass is 268 g/mol. The molecule has 0 bridgehead atoms. The van der Waals surface area contributed by atoms with Crippen molar-refractivity contribution in [2.75, 3.05) is 0 Å². The first-order chi connectivity index (χ1) is 4.00. The van der Waals surface area contributed by atoms with Crippen LogP contribution in [0.25, 0.3) is 0 Å². The van der Waals surface area contributed by atoms with Crippen LogP contribution in [-0.4, -0.2) is 13.0 Å². The second kappa shape index (κ2) is 5.04. The summed E-state index contributed by atoms with van der Waals surface area (Å²) in [4.78, 5) is 0. The maximum Gasteiger partial charge on any atom is 0.353 e. The predicted octanol–water partition coefficient (Wildman–Crippen LogP) is 2.84. The van der Waals surface area contributed by atoms with E-state index in [1.807, 2.05) is 0 Å². The van der Waals surface area contributed by atoms with Crippen LogP contribution in [0, 0.1) is 0 Å². The second-order valence-electron chi connectivity index (χ2n) is 0.811. The van der Waals surface area contributed by atoms with Crippen molar-refractivity contribution in [1.29, 1.82) is 0 Å². The largest absolute Gasteiger partial charge is 0.353 e. The van der Waals surface area contributed by atoms with Crippen LogP contribution in [0.5, 0.6) is 0 Å². The Hall–Kier alpha value is 1.30. The van der Waals surface area contributed by atoms with Crippen LogP contribution in [0.2, 0.25) is 0 Å². The van der Waals surface area contributed by atoms with E-state index in [4.69, 9.17) is 13.0 Å². The minimum atomic E-state index is -4.19. The van der Waals surface area contributed by atoms with E-state index in [2.05, 4.69) is 44.4 Å². The topological polar surface area (TPSA) is 71.4 Å². The molecule has 0 heterocycles. The summed E-state index contributed by atoms with van der Waals surface area (Å²) in [7, 11) is -0.137. The minimum absolute atomic E-state index is 3.22. The Balaban J connectivity index is 0. The summed E-state index contributed by atoms with van der Waals surface area (Å²) in [6, 6.07) is 0. The Morgan fingerprint density at radius 2 is 1.20 bits per heavy atom. The summed E-state index contributed by atoms with van der Waals surface area (Å²) < 4.78 is 34.7. The Kier molecular flexibility index (Phi) is 6.98. The first-order valence-electron chi connectivity index (χ1n) is 1.36. The van der Waals surface area contributed by atoms with Crippen LogP contribution in [0.3, 0.4) is 0 Å². The third-order valence-corrected chi connectivity index (χ3v) is 0. The molecule has 0 amide bonds. The van der Waals surface area contributed by atoms with Gasteiger partial charge in [-0.15, -0.1) is 0 Å². The molecule has 0 aromatic rings. The lowest BCUT2D eigenvalue weighted by molar-refractivity contribution is 0.501. The fourth-order valence-electron chi connectivity index (χ4n) is 0. The molecule has 1 N–H and O–H groups in total. The fraction of sp³-hybridized carbons (Fsp3) is 0. The zero-order valence-electron chi connectivity index (χ0n) is 4.04. The van der Waals surface area contributed by atoms with Gasteiger partial charge in [-0.1, -0.05) is 0 Å². The van der Waals surface area contributed by atoms with Gasteiger partial charge in [0.15, 0.2) is 0 Å². The highest BCUT2D eigenvalue weighted by molar-refractivity contribution is 8.24. The lowest BCUT2D eigenvalue weighted by atomic mass is 15.9. The van der Waals surface area contributed by atoms with Crippen LogP contribution >= 0.6 is 49.6 Å². The lowest BCUT2D eigenvalue weighted by Crippen LogP contribution is -1.77. The van der Waals surface area contributed by atoms with Crippen LogP contribution in [0.15, 0.2) is 0 Å². The number of rotatable bonds is 0. The number of halogens is 4. The van der Waals surface area contributed by atoms with Gasteiger partial charge in [0, 0.05) is 10.7 Å². The van der Waals surface area contributed by atoms with E-state index >= 15 is 0 Å². The molecular formula is HCl4O4PS. The van der Waals surface area contributed by atoms with Gasteiger partial charge in [0.2, 0.25) is 0 Å². The molecule has 4 nitrogen and oxygen atoms in total. The summed E-state index contributed by atoms with van der Waals surface area (Å²) in [5, 5.41) is -3.22. The maximum absolute atomic E-state index is 9.51. The van der Waals surface area contributed by atoms with E-state index < -0.39 is 14.5 Å². The molecule has 0 aromatic carbocycles. The highest BCUT2D eigenvalue weighted by Gasteiger charge is 2.02. The second-order valence-corrected chi connectivity index (χ2v) is 9.44. The van der Waals surface area contributed by atoms with Crippen LogP contribution in [0.1, 0.15) is 0 Å². The third kappa shape index (κ3) is 379. The van der Waals surface area contributed by atoms with Crippen LogP contribution in [0.4, 0.5) is 0 Å². The smallest absolute Gasteiger partial charge is 0.273 e. The molecule has 10 heteroatoms. The molecule has 0 saturated carbocycles. The van der Waals surface area contributed by atoms with Crippen molar-refractivity contribution in [3.05, 3.63) is 0 Å². The minimum Gasteiger partial charge on any atom is -0.273 e. The maximum atomic E-state index is 9.51. The molecule has 0 atom stereocenters. The van der Waals surface area contributed by atoms with Crippen molar-refractivity contribution < 1.29 is 17.5 Å². The molecule has 0 unspecified atom stereocenters. The molecule has 64 valence electrons. The van der Waals surface area contributed by atoms with Gasteiger partial charge in [0.25, 0.3) is 0 Å². The summed E-state index contributed by atoms with van der Waals surface area (Å²) in [6.45, 7) is 0. The third-order valence-electron chi connectivity index (χ3n) is 0. The Morgan fingerprint density at radius 1 is 1.20 bits per heavy atom. The highest BCUT2D eigenvalue weighted by Crippen LogP contribution is 2.61. The first kappa shape index (κ1) is 13.9. The van der Waals surface area contributed by atoms with Crippen LogP contribution < -0.4 is 0 Å². The quantitative estimate of drug-likeness (QED) is 0.417. The van der Waals surface area contributed by atoms with Gasteiger partial charge < -0.3 is 0 Å².